The molecular weight excluding hydrogens is 718 g/mol. The first-order valence-corrected chi connectivity index (χ1v) is 21.1. The third-order valence-corrected chi connectivity index (χ3v) is 15.0. The number of aliphatic hydroxyl groups excluding tert-OH is 2. The molecule has 5 aliphatic rings. The van der Waals surface area contributed by atoms with Gasteiger partial charge < -0.3 is 29.4 Å². The third-order valence-electron chi connectivity index (χ3n) is 12.8. The van der Waals surface area contributed by atoms with Crippen LogP contribution in [0.25, 0.3) is 0 Å². The first-order chi connectivity index (χ1) is 25.4. The average molecular weight is 774 g/mol. The number of carbonyl (C=O) groups is 2. The highest BCUT2D eigenvalue weighted by Crippen LogP contribution is 2.47. The topological polar surface area (TPSA) is 146 Å². The number of ether oxygens (including phenoxy) is 2. The number of methoxy groups -OCH3 is 1. The number of hydrogen-bond donors (Lipinski definition) is 3. The Morgan fingerprint density at radius 2 is 1.83 bits per heavy atom. The fraction of sp³-hybridized carbons (Fsp3) is 0.650. The number of nitrogens with zero attached hydrogens (tertiary/aromatic N) is 2. The highest BCUT2D eigenvalue weighted by Gasteiger charge is 2.45. The summed E-state index contributed by atoms with van der Waals surface area (Å²) in [6, 6.07) is 11.3. The van der Waals surface area contributed by atoms with Crippen molar-refractivity contribution in [2.45, 2.75) is 88.0 Å². The van der Waals surface area contributed by atoms with Gasteiger partial charge in [0.1, 0.15) is 12.0 Å². The molecule has 11 nitrogen and oxygen atoms in total. The number of likely N-dealkylation sites (tertiary alicyclic amines) is 1. The molecule has 1 spiro atoms. The van der Waals surface area contributed by atoms with Gasteiger partial charge in [0.25, 0.3) is 5.91 Å². The second kappa shape index (κ2) is 17.0. The van der Waals surface area contributed by atoms with Crippen LogP contribution in [-0.4, -0.2) is 106 Å². The Kier molecular flexibility index (Phi) is 12.8. The fourth-order valence-electron chi connectivity index (χ4n) is 9.01. The average Bonchev–Trinajstić information content (AvgIpc) is 3.26. The lowest BCUT2D eigenvalue weighted by Crippen LogP contribution is -2.58. The number of anilines is 1. The Morgan fingerprint density at radius 1 is 1.06 bits per heavy atom. The smallest absolute Gasteiger partial charge is 0.264 e. The van der Waals surface area contributed by atoms with E-state index >= 15 is 0 Å². The first kappa shape index (κ1) is 39.9. The number of aryl methyl sites for hydroxylation is 1. The molecule has 13 heteroatoms. The van der Waals surface area contributed by atoms with Gasteiger partial charge >= 0.3 is 0 Å². The van der Waals surface area contributed by atoms with Gasteiger partial charge in [0.15, 0.2) is 0 Å². The number of amides is 1. The summed E-state index contributed by atoms with van der Waals surface area (Å²) >= 11 is 6.39. The molecule has 1 saturated heterocycles. The van der Waals surface area contributed by atoms with Crippen molar-refractivity contribution >= 4 is 39.5 Å². The number of rotatable bonds is 5. The Morgan fingerprint density at radius 3 is 2.51 bits per heavy atom. The summed E-state index contributed by atoms with van der Waals surface area (Å²) in [5.74, 6) is 0.559. The molecule has 2 fully saturated rings. The minimum absolute atomic E-state index is 0.0208. The molecule has 1 amide bonds. The summed E-state index contributed by atoms with van der Waals surface area (Å²) < 4.78 is 40.3. The predicted molar refractivity (Wildman–Crippen MR) is 205 cm³/mol. The zero-order valence-corrected chi connectivity index (χ0v) is 32.8. The van der Waals surface area contributed by atoms with E-state index in [4.69, 9.17) is 31.3 Å². The highest BCUT2D eigenvalue weighted by molar-refractivity contribution is 7.90. The van der Waals surface area contributed by atoms with Crippen molar-refractivity contribution in [3.63, 3.8) is 0 Å². The molecule has 1 saturated carbocycles. The molecule has 53 heavy (non-hydrogen) atoms. The van der Waals surface area contributed by atoms with Crippen LogP contribution in [0.4, 0.5) is 5.69 Å². The summed E-state index contributed by atoms with van der Waals surface area (Å²) in [5.41, 5.74) is 3.37. The second-order valence-electron chi connectivity index (χ2n) is 16.0. The van der Waals surface area contributed by atoms with Crippen LogP contribution in [0.5, 0.6) is 5.75 Å². The lowest BCUT2D eigenvalue weighted by Gasteiger charge is -2.46. The predicted octanol–water partition coefficient (Wildman–Crippen LogP) is 4.59. The monoisotopic (exact) mass is 773 g/mol. The van der Waals surface area contributed by atoms with Crippen LogP contribution in [0.1, 0.15) is 80.3 Å². The lowest BCUT2D eigenvalue weighted by molar-refractivity contribution is -0.115. The number of aliphatic hydroxyl groups is 2. The molecule has 0 aromatic heterocycles. The van der Waals surface area contributed by atoms with Crippen molar-refractivity contribution in [2.75, 3.05) is 58.0 Å². The Hall–Kier alpha value is -2.74. The maximum atomic E-state index is 13.3. The molecule has 292 valence electrons. The van der Waals surface area contributed by atoms with Gasteiger partial charge in [-0.25, -0.2) is 13.1 Å². The Labute approximate surface area is 319 Å². The van der Waals surface area contributed by atoms with Crippen LogP contribution in [0.15, 0.2) is 36.4 Å². The van der Waals surface area contributed by atoms with Crippen LogP contribution in [0.2, 0.25) is 5.02 Å². The van der Waals surface area contributed by atoms with Crippen LogP contribution in [-0.2, 0) is 31.4 Å². The van der Waals surface area contributed by atoms with Gasteiger partial charge in [-0.1, -0.05) is 31.0 Å². The Balaban J connectivity index is 0.000000376. The zero-order chi connectivity index (χ0) is 37.9. The van der Waals surface area contributed by atoms with Crippen molar-refractivity contribution in [1.82, 2.24) is 9.62 Å². The Bertz CT molecular complexity index is 1720. The summed E-state index contributed by atoms with van der Waals surface area (Å²) in [6.07, 6.45) is 8.72. The molecule has 3 N–H and O–H groups in total. The number of aldehydes is 1. The van der Waals surface area contributed by atoms with Crippen LogP contribution in [0.3, 0.4) is 0 Å². The van der Waals surface area contributed by atoms with Crippen LogP contribution in [0, 0.1) is 23.7 Å². The van der Waals surface area contributed by atoms with E-state index in [0.29, 0.717) is 42.7 Å². The largest absolute Gasteiger partial charge is 0.490 e. The number of sulfonamides is 1. The van der Waals surface area contributed by atoms with Gasteiger partial charge in [-0.3, -0.25) is 9.69 Å². The minimum Gasteiger partial charge on any atom is -0.490 e. The zero-order valence-electron chi connectivity index (χ0n) is 31.2. The van der Waals surface area contributed by atoms with Gasteiger partial charge in [0.05, 0.1) is 42.9 Å². The lowest BCUT2D eigenvalue weighted by atomic mass is 9.65. The quantitative estimate of drug-likeness (QED) is 0.369. The molecule has 2 aliphatic carbocycles. The second-order valence-corrected chi connectivity index (χ2v) is 18.5. The van der Waals surface area contributed by atoms with Crippen LogP contribution >= 0.6 is 11.6 Å². The molecule has 3 heterocycles. The molecule has 2 bridgehead atoms. The van der Waals surface area contributed by atoms with E-state index in [1.807, 2.05) is 17.9 Å². The number of halogens is 1. The highest BCUT2D eigenvalue weighted by atomic mass is 35.5. The number of hydrogen-bond acceptors (Lipinski definition) is 10. The van der Waals surface area contributed by atoms with E-state index in [0.717, 1.165) is 81.6 Å². The van der Waals surface area contributed by atoms with E-state index in [2.05, 4.69) is 21.8 Å². The van der Waals surface area contributed by atoms with Gasteiger partial charge in [-0.2, -0.15) is 0 Å². The number of nitrogens with one attached hydrogen (secondary N) is 1. The number of fused-ring (bicyclic) bond motifs is 4. The van der Waals surface area contributed by atoms with Crippen molar-refractivity contribution < 1.29 is 37.7 Å². The molecule has 1 unspecified atom stereocenters. The molecule has 3 aliphatic heterocycles. The van der Waals surface area contributed by atoms with Gasteiger partial charge in [-0.05, 0) is 111 Å². The fourth-order valence-corrected chi connectivity index (χ4v) is 10.5. The molecule has 2 aromatic rings. The van der Waals surface area contributed by atoms with Gasteiger partial charge in [-0.15, -0.1) is 0 Å². The first-order valence-electron chi connectivity index (χ1n) is 19.2. The summed E-state index contributed by atoms with van der Waals surface area (Å²) in [7, 11) is -2.21. The minimum atomic E-state index is -3.89. The maximum Gasteiger partial charge on any atom is 0.264 e. The SMILES string of the molecule is COC1CN(C(CO)CO)C1.C[C@@H]1[C@@H](C)CCCC(C=O)[C@@H]2CC[C@H]2CN2C[C@@]3(CCCc4cc(Cl)ccc43)COc3ccc(cc32)C(=O)NS1(=O)=O. The van der Waals surface area contributed by atoms with E-state index in [-0.39, 0.29) is 42.6 Å². The van der Waals surface area contributed by atoms with E-state index in [1.165, 1.54) is 11.1 Å². The summed E-state index contributed by atoms with van der Waals surface area (Å²) in [4.78, 5) is 30.0. The standard InChI is InChI=1S/C33H41ClN2O5S.C7H15NO3/c1-21-5-3-6-26(18-37)28-11-8-25(28)17-36-19-33(14-4-7-23-15-27(34)10-12-29(23)33)20-41-31-13-9-24(16-30(31)36)32(38)35-42(39,40)22(21)2;1-11-7-2-8(3-7)6(4-9)5-10/h9-10,12-13,15-16,18,21-22,25-26,28H,3-8,11,14,17,19-20H2,1-2H3,(H,35,38);6-7,9-10H,2-5H2,1H3/t21-,22+,25-,26?,28+,33-;/m0./s1. The molecule has 0 radical (unpaired) electrons. The normalized spacial score (nSPS) is 30.3. The molecule has 2 aromatic carbocycles. The van der Waals surface area contributed by atoms with Gasteiger partial charge in [0.2, 0.25) is 10.0 Å². The molecule has 6 atom stereocenters. The van der Waals surface area contributed by atoms with Crippen molar-refractivity contribution in [3.05, 3.63) is 58.1 Å². The van der Waals surface area contributed by atoms with E-state index in [9.17, 15) is 18.0 Å². The van der Waals surface area contributed by atoms with Crippen molar-refractivity contribution in [2.24, 2.45) is 23.7 Å². The van der Waals surface area contributed by atoms with E-state index in [1.54, 1.807) is 32.2 Å². The third kappa shape index (κ3) is 8.58. The summed E-state index contributed by atoms with van der Waals surface area (Å²) in [5, 5.41) is 17.6. The number of carbonyl (C=O) groups excluding carboxylic acids is 2. The van der Waals surface area contributed by atoms with Crippen LogP contribution < -0.4 is 14.4 Å². The van der Waals surface area contributed by atoms with E-state index < -0.39 is 21.2 Å². The van der Waals surface area contributed by atoms with Crippen molar-refractivity contribution in [3.8, 4) is 5.75 Å². The molecule has 7 rings (SSSR count). The molecular formula is C40H56ClN3O8S. The number of benzene rings is 2. The maximum absolute atomic E-state index is 13.3. The summed E-state index contributed by atoms with van der Waals surface area (Å²) in [6.45, 7) is 7.22. The van der Waals surface area contributed by atoms with Crippen molar-refractivity contribution in [1.29, 1.82) is 0 Å². The van der Waals surface area contributed by atoms with Gasteiger partial charge in [0, 0.05) is 55.2 Å².